The number of benzene rings is 2. The number of rotatable bonds is 4. The molecule has 132 valence electrons. The van der Waals surface area contributed by atoms with Gasteiger partial charge in [-0.2, -0.15) is 0 Å². The van der Waals surface area contributed by atoms with E-state index in [1.54, 1.807) is 6.26 Å². The molecule has 0 radical (unpaired) electrons. The summed E-state index contributed by atoms with van der Waals surface area (Å²) in [4.78, 5) is 16.6. The van der Waals surface area contributed by atoms with E-state index in [0.717, 1.165) is 35.3 Å². The van der Waals surface area contributed by atoms with Crippen molar-refractivity contribution in [1.29, 1.82) is 0 Å². The van der Waals surface area contributed by atoms with Gasteiger partial charge in [-0.3, -0.25) is 0 Å². The zero-order chi connectivity index (χ0) is 17.8. The summed E-state index contributed by atoms with van der Waals surface area (Å²) < 4.78 is 5.60. The number of carbonyl (C=O) groups is 1. The highest BCUT2D eigenvalue weighted by Crippen LogP contribution is 2.25. The third kappa shape index (κ3) is 3.77. The van der Waals surface area contributed by atoms with Crippen molar-refractivity contribution in [2.45, 2.75) is 31.7 Å². The Morgan fingerprint density at radius 2 is 1.69 bits per heavy atom. The SMILES string of the molecule is O=C(Nc1ccc(-c2nc(-c3ccccc3)co2)cc1)NC1CCCC1. The maximum atomic E-state index is 12.0. The minimum atomic E-state index is -0.146. The largest absolute Gasteiger partial charge is 0.444 e. The number of nitrogens with one attached hydrogen (secondary N) is 2. The lowest BCUT2D eigenvalue weighted by Gasteiger charge is -2.13. The molecule has 4 rings (SSSR count). The molecule has 1 heterocycles. The fourth-order valence-electron chi connectivity index (χ4n) is 3.27. The lowest BCUT2D eigenvalue weighted by Crippen LogP contribution is -2.36. The number of urea groups is 1. The van der Waals surface area contributed by atoms with Gasteiger partial charge in [-0.15, -0.1) is 0 Å². The highest BCUT2D eigenvalue weighted by Gasteiger charge is 2.17. The Labute approximate surface area is 152 Å². The van der Waals surface area contributed by atoms with E-state index in [2.05, 4.69) is 15.6 Å². The van der Waals surface area contributed by atoms with Crippen LogP contribution in [0, 0.1) is 0 Å². The van der Waals surface area contributed by atoms with E-state index in [1.165, 1.54) is 12.8 Å². The van der Waals surface area contributed by atoms with Gasteiger partial charge in [0.05, 0.1) is 0 Å². The van der Waals surface area contributed by atoms with E-state index in [4.69, 9.17) is 4.42 Å². The van der Waals surface area contributed by atoms with E-state index < -0.39 is 0 Å². The standard InChI is InChI=1S/C21H21N3O2/c25-21(22-17-8-4-5-9-17)23-18-12-10-16(11-13-18)20-24-19(14-26-20)15-6-2-1-3-7-15/h1-3,6-7,10-14,17H,4-5,8-9H2,(H2,22,23,25). The van der Waals surface area contributed by atoms with Gasteiger partial charge in [0.1, 0.15) is 12.0 Å². The van der Waals surface area contributed by atoms with E-state index >= 15 is 0 Å². The first-order valence-corrected chi connectivity index (χ1v) is 8.97. The first-order valence-electron chi connectivity index (χ1n) is 8.97. The van der Waals surface area contributed by atoms with Crippen LogP contribution >= 0.6 is 0 Å². The quantitative estimate of drug-likeness (QED) is 0.692. The lowest BCUT2D eigenvalue weighted by atomic mass is 10.2. The molecule has 1 saturated carbocycles. The van der Waals surface area contributed by atoms with Gasteiger partial charge >= 0.3 is 6.03 Å². The van der Waals surface area contributed by atoms with Crippen molar-refractivity contribution in [3.05, 3.63) is 60.9 Å². The summed E-state index contributed by atoms with van der Waals surface area (Å²) in [5, 5.41) is 5.89. The molecule has 3 aromatic rings. The number of anilines is 1. The second-order valence-corrected chi connectivity index (χ2v) is 6.56. The molecule has 1 aliphatic carbocycles. The third-order valence-electron chi connectivity index (χ3n) is 4.65. The molecular formula is C21H21N3O2. The number of oxazole rings is 1. The molecule has 0 saturated heterocycles. The highest BCUT2D eigenvalue weighted by atomic mass is 16.3. The molecule has 0 bridgehead atoms. The topological polar surface area (TPSA) is 67.2 Å². The maximum absolute atomic E-state index is 12.0. The zero-order valence-corrected chi connectivity index (χ0v) is 14.4. The van der Waals surface area contributed by atoms with Crippen LogP contribution in [-0.4, -0.2) is 17.1 Å². The Kier molecular flexibility index (Phi) is 4.69. The van der Waals surface area contributed by atoms with Crippen LogP contribution < -0.4 is 10.6 Å². The Hall–Kier alpha value is -3.08. The fraction of sp³-hybridized carbons (Fsp3) is 0.238. The molecule has 1 aromatic heterocycles. The number of hydrogen-bond acceptors (Lipinski definition) is 3. The Morgan fingerprint density at radius 3 is 2.42 bits per heavy atom. The van der Waals surface area contributed by atoms with E-state index in [9.17, 15) is 4.79 Å². The van der Waals surface area contributed by atoms with E-state index in [0.29, 0.717) is 11.9 Å². The predicted molar refractivity (Wildman–Crippen MR) is 102 cm³/mol. The Balaban J connectivity index is 1.41. The second-order valence-electron chi connectivity index (χ2n) is 6.56. The molecule has 0 unspecified atom stereocenters. The van der Waals surface area contributed by atoms with Crippen molar-refractivity contribution in [1.82, 2.24) is 10.3 Å². The highest BCUT2D eigenvalue weighted by molar-refractivity contribution is 5.89. The first kappa shape index (κ1) is 16.4. The molecule has 2 aromatic carbocycles. The van der Waals surface area contributed by atoms with Crippen molar-refractivity contribution in [3.63, 3.8) is 0 Å². The van der Waals surface area contributed by atoms with Crippen LogP contribution in [-0.2, 0) is 0 Å². The minimum absolute atomic E-state index is 0.146. The molecule has 26 heavy (non-hydrogen) atoms. The average Bonchev–Trinajstić information content (AvgIpc) is 3.35. The molecule has 5 heteroatoms. The van der Waals surface area contributed by atoms with Crippen LogP contribution in [0.4, 0.5) is 10.5 Å². The van der Waals surface area contributed by atoms with Crippen LogP contribution in [0.1, 0.15) is 25.7 Å². The molecular weight excluding hydrogens is 326 g/mol. The average molecular weight is 347 g/mol. The minimum Gasteiger partial charge on any atom is -0.444 e. The van der Waals surface area contributed by atoms with Gasteiger partial charge in [-0.1, -0.05) is 43.2 Å². The number of hydrogen-bond donors (Lipinski definition) is 2. The third-order valence-corrected chi connectivity index (χ3v) is 4.65. The number of aromatic nitrogens is 1. The molecule has 2 amide bonds. The molecule has 0 spiro atoms. The van der Waals surface area contributed by atoms with Gasteiger partial charge in [0.25, 0.3) is 0 Å². The van der Waals surface area contributed by atoms with Gasteiger partial charge in [-0.25, -0.2) is 9.78 Å². The van der Waals surface area contributed by atoms with Gasteiger partial charge < -0.3 is 15.1 Å². The summed E-state index contributed by atoms with van der Waals surface area (Å²) in [5.74, 6) is 0.561. The smallest absolute Gasteiger partial charge is 0.319 e. The molecule has 0 aliphatic heterocycles. The number of amides is 2. The van der Waals surface area contributed by atoms with Crippen LogP contribution in [0.5, 0.6) is 0 Å². The normalized spacial score (nSPS) is 14.3. The van der Waals surface area contributed by atoms with Crippen LogP contribution in [0.2, 0.25) is 0 Å². The maximum Gasteiger partial charge on any atom is 0.319 e. The van der Waals surface area contributed by atoms with Crippen molar-refractivity contribution in [2.24, 2.45) is 0 Å². The monoisotopic (exact) mass is 347 g/mol. The number of nitrogens with zero attached hydrogens (tertiary/aromatic N) is 1. The van der Waals surface area contributed by atoms with Crippen LogP contribution in [0.3, 0.4) is 0 Å². The summed E-state index contributed by atoms with van der Waals surface area (Å²) in [6, 6.07) is 17.6. The second kappa shape index (κ2) is 7.44. The van der Waals surface area contributed by atoms with Crippen LogP contribution in [0.15, 0.2) is 65.3 Å². The fourth-order valence-corrected chi connectivity index (χ4v) is 3.27. The predicted octanol–water partition coefficient (Wildman–Crippen LogP) is 5.07. The molecule has 2 N–H and O–H groups in total. The van der Waals surface area contributed by atoms with E-state index in [-0.39, 0.29) is 6.03 Å². The summed E-state index contributed by atoms with van der Waals surface area (Å²) in [6.45, 7) is 0. The first-order chi connectivity index (χ1) is 12.8. The summed E-state index contributed by atoms with van der Waals surface area (Å²) >= 11 is 0. The molecule has 1 aliphatic rings. The van der Waals surface area contributed by atoms with Crippen molar-refractivity contribution in [2.75, 3.05) is 5.32 Å². The van der Waals surface area contributed by atoms with Gasteiger partial charge in [0.15, 0.2) is 0 Å². The summed E-state index contributed by atoms with van der Waals surface area (Å²) in [6.07, 6.45) is 6.19. The summed E-state index contributed by atoms with van der Waals surface area (Å²) in [7, 11) is 0. The van der Waals surface area contributed by atoms with Gasteiger partial charge in [0, 0.05) is 22.9 Å². The van der Waals surface area contributed by atoms with Crippen molar-refractivity contribution >= 4 is 11.7 Å². The van der Waals surface area contributed by atoms with Gasteiger partial charge in [0.2, 0.25) is 5.89 Å². The van der Waals surface area contributed by atoms with E-state index in [1.807, 2.05) is 54.6 Å². The molecule has 5 nitrogen and oxygen atoms in total. The van der Waals surface area contributed by atoms with Crippen molar-refractivity contribution in [3.8, 4) is 22.7 Å². The molecule has 1 fully saturated rings. The molecule has 0 atom stereocenters. The number of carbonyl (C=O) groups excluding carboxylic acids is 1. The zero-order valence-electron chi connectivity index (χ0n) is 14.4. The Bertz CT molecular complexity index is 866. The van der Waals surface area contributed by atoms with Crippen LogP contribution in [0.25, 0.3) is 22.7 Å². The Morgan fingerprint density at radius 1 is 0.962 bits per heavy atom. The summed E-state index contributed by atoms with van der Waals surface area (Å²) in [5.41, 5.74) is 3.44. The lowest BCUT2D eigenvalue weighted by molar-refractivity contribution is 0.248. The van der Waals surface area contributed by atoms with Crippen molar-refractivity contribution < 1.29 is 9.21 Å². The van der Waals surface area contributed by atoms with Gasteiger partial charge in [-0.05, 0) is 37.1 Å².